The van der Waals surface area contributed by atoms with Gasteiger partial charge in [0.15, 0.2) is 0 Å². The highest BCUT2D eigenvalue weighted by Gasteiger charge is 2.20. The Bertz CT molecular complexity index is 98.9. The third kappa shape index (κ3) is 2.30. The van der Waals surface area contributed by atoms with Crippen molar-refractivity contribution in [2.45, 2.75) is 52.1 Å². The van der Waals surface area contributed by atoms with Gasteiger partial charge in [0.05, 0.1) is 0 Å². The van der Waals surface area contributed by atoms with Gasteiger partial charge in [0.2, 0.25) is 0 Å². The third-order valence-corrected chi connectivity index (χ3v) is 2.26. The summed E-state index contributed by atoms with van der Waals surface area (Å²) in [6, 6.07) is 1.48. The van der Waals surface area contributed by atoms with Crippen LogP contribution in [0.3, 0.4) is 0 Å². The lowest BCUT2D eigenvalue weighted by atomic mass is 10.1. The Morgan fingerprint density at radius 3 is 2.40 bits per heavy atom. The van der Waals surface area contributed by atoms with Crippen LogP contribution in [0.1, 0.15) is 40.0 Å². The molecule has 0 aromatic carbocycles. The maximum absolute atomic E-state index is 3.57. The van der Waals surface area contributed by atoms with Gasteiger partial charge in [0.1, 0.15) is 0 Å². The Labute approximate surface area is 64.2 Å². The summed E-state index contributed by atoms with van der Waals surface area (Å²) < 4.78 is 0. The minimum absolute atomic E-state index is 0.662. The molecule has 1 aliphatic carbocycles. The average Bonchev–Trinajstić information content (AvgIpc) is 2.13. The fraction of sp³-hybridized carbons (Fsp3) is 1.00. The lowest BCUT2D eigenvalue weighted by Crippen LogP contribution is -2.32. The molecule has 0 radical (unpaired) electrons. The van der Waals surface area contributed by atoms with Crippen molar-refractivity contribution < 1.29 is 0 Å². The molecule has 1 N–H and O–H groups in total. The van der Waals surface area contributed by atoms with Gasteiger partial charge in [-0.2, -0.15) is 0 Å². The van der Waals surface area contributed by atoms with Crippen LogP contribution < -0.4 is 5.32 Å². The summed E-state index contributed by atoms with van der Waals surface area (Å²) in [4.78, 5) is 0. The monoisotopic (exact) mass is 141 g/mol. The zero-order valence-corrected chi connectivity index (χ0v) is 7.35. The summed E-state index contributed by atoms with van der Waals surface area (Å²) in [7, 11) is 0. The summed E-state index contributed by atoms with van der Waals surface area (Å²) in [5.74, 6) is 0.955. The van der Waals surface area contributed by atoms with Crippen LogP contribution in [0.2, 0.25) is 0 Å². The molecule has 2 atom stereocenters. The van der Waals surface area contributed by atoms with E-state index in [1.165, 1.54) is 19.3 Å². The topological polar surface area (TPSA) is 12.0 Å². The molecule has 0 bridgehead atoms. The van der Waals surface area contributed by atoms with E-state index >= 15 is 0 Å². The van der Waals surface area contributed by atoms with Gasteiger partial charge < -0.3 is 5.32 Å². The highest BCUT2D eigenvalue weighted by Crippen LogP contribution is 2.24. The molecule has 10 heavy (non-hydrogen) atoms. The smallest absolute Gasteiger partial charge is 0.00720 e. The third-order valence-electron chi connectivity index (χ3n) is 2.26. The standard InChI is InChI=1S/C9H19N/c1-7(2)10-9-5-4-8(3)6-9/h7-10H,4-6H2,1-3H3/t8?,9-/m1/s1. The van der Waals surface area contributed by atoms with Crippen molar-refractivity contribution in [2.24, 2.45) is 5.92 Å². The van der Waals surface area contributed by atoms with Crippen molar-refractivity contribution in [1.29, 1.82) is 0 Å². The molecule has 1 saturated carbocycles. The quantitative estimate of drug-likeness (QED) is 0.621. The van der Waals surface area contributed by atoms with Crippen LogP contribution in [-0.4, -0.2) is 12.1 Å². The molecule has 1 fully saturated rings. The molecular weight excluding hydrogens is 122 g/mol. The van der Waals surface area contributed by atoms with Gasteiger partial charge in [-0.25, -0.2) is 0 Å². The molecule has 1 aliphatic rings. The Balaban J connectivity index is 2.18. The fourth-order valence-corrected chi connectivity index (χ4v) is 1.83. The maximum atomic E-state index is 3.57. The fourth-order valence-electron chi connectivity index (χ4n) is 1.83. The molecule has 0 spiro atoms. The van der Waals surface area contributed by atoms with Gasteiger partial charge in [-0.05, 0) is 25.2 Å². The Kier molecular flexibility index (Phi) is 2.72. The summed E-state index contributed by atoms with van der Waals surface area (Å²) in [6.07, 6.45) is 4.20. The summed E-state index contributed by atoms with van der Waals surface area (Å²) >= 11 is 0. The Morgan fingerprint density at radius 2 is 2.00 bits per heavy atom. The highest BCUT2D eigenvalue weighted by molar-refractivity contribution is 4.79. The van der Waals surface area contributed by atoms with Crippen molar-refractivity contribution in [2.75, 3.05) is 0 Å². The van der Waals surface area contributed by atoms with E-state index in [0.717, 1.165) is 12.0 Å². The van der Waals surface area contributed by atoms with Crippen LogP contribution in [-0.2, 0) is 0 Å². The first-order chi connectivity index (χ1) is 4.68. The van der Waals surface area contributed by atoms with E-state index in [1.54, 1.807) is 0 Å². The molecule has 0 aromatic heterocycles. The second kappa shape index (κ2) is 3.38. The molecule has 0 amide bonds. The first-order valence-corrected chi connectivity index (χ1v) is 4.44. The molecule has 1 heteroatoms. The lowest BCUT2D eigenvalue weighted by molar-refractivity contribution is 0.458. The summed E-state index contributed by atoms with van der Waals surface area (Å²) in [5.41, 5.74) is 0. The molecule has 0 aromatic rings. The van der Waals surface area contributed by atoms with E-state index in [1.807, 2.05) is 0 Å². The van der Waals surface area contributed by atoms with Gasteiger partial charge in [-0.15, -0.1) is 0 Å². The van der Waals surface area contributed by atoms with Crippen molar-refractivity contribution in [3.8, 4) is 0 Å². The molecular formula is C9H19N. The largest absolute Gasteiger partial charge is 0.312 e. The van der Waals surface area contributed by atoms with Gasteiger partial charge in [0.25, 0.3) is 0 Å². The van der Waals surface area contributed by atoms with Crippen molar-refractivity contribution in [3.63, 3.8) is 0 Å². The van der Waals surface area contributed by atoms with E-state index in [0.29, 0.717) is 6.04 Å². The number of hydrogen-bond donors (Lipinski definition) is 1. The summed E-state index contributed by atoms with van der Waals surface area (Å²) in [5, 5.41) is 3.57. The second-order valence-corrected chi connectivity index (χ2v) is 3.94. The molecule has 1 nitrogen and oxygen atoms in total. The van der Waals surface area contributed by atoms with E-state index in [-0.39, 0.29) is 0 Å². The normalized spacial score (nSPS) is 33.6. The Morgan fingerprint density at radius 1 is 1.30 bits per heavy atom. The lowest BCUT2D eigenvalue weighted by Gasteiger charge is -2.14. The van der Waals surface area contributed by atoms with Crippen LogP contribution in [0.25, 0.3) is 0 Å². The van der Waals surface area contributed by atoms with Crippen LogP contribution >= 0.6 is 0 Å². The van der Waals surface area contributed by atoms with Crippen molar-refractivity contribution in [1.82, 2.24) is 5.32 Å². The second-order valence-electron chi connectivity index (χ2n) is 3.94. The van der Waals surface area contributed by atoms with Crippen molar-refractivity contribution >= 4 is 0 Å². The van der Waals surface area contributed by atoms with Crippen molar-refractivity contribution in [3.05, 3.63) is 0 Å². The van der Waals surface area contributed by atoms with Crippen LogP contribution in [0.5, 0.6) is 0 Å². The van der Waals surface area contributed by atoms with Crippen LogP contribution in [0.4, 0.5) is 0 Å². The molecule has 60 valence electrons. The number of rotatable bonds is 2. The van der Waals surface area contributed by atoms with Gasteiger partial charge >= 0.3 is 0 Å². The van der Waals surface area contributed by atoms with Crippen LogP contribution in [0, 0.1) is 5.92 Å². The highest BCUT2D eigenvalue weighted by atomic mass is 14.9. The molecule has 1 unspecified atom stereocenters. The molecule has 0 saturated heterocycles. The minimum atomic E-state index is 0.662. The Hall–Kier alpha value is -0.0400. The number of nitrogens with one attached hydrogen (secondary N) is 1. The van der Waals surface area contributed by atoms with E-state index in [2.05, 4.69) is 26.1 Å². The van der Waals surface area contributed by atoms with Crippen LogP contribution in [0.15, 0.2) is 0 Å². The van der Waals surface area contributed by atoms with E-state index in [4.69, 9.17) is 0 Å². The van der Waals surface area contributed by atoms with Gasteiger partial charge in [0, 0.05) is 12.1 Å². The SMILES string of the molecule is CC1CC[C@@H](NC(C)C)C1. The van der Waals surface area contributed by atoms with Gasteiger partial charge in [-0.1, -0.05) is 20.8 Å². The zero-order valence-electron chi connectivity index (χ0n) is 7.35. The maximum Gasteiger partial charge on any atom is 0.00720 e. The number of hydrogen-bond acceptors (Lipinski definition) is 1. The van der Waals surface area contributed by atoms with E-state index < -0.39 is 0 Å². The molecule has 1 rings (SSSR count). The van der Waals surface area contributed by atoms with Gasteiger partial charge in [-0.3, -0.25) is 0 Å². The average molecular weight is 141 g/mol. The molecule has 0 heterocycles. The predicted octanol–water partition coefficient (Wildman–Crippen LogP) is 2.17. The summed E-state index contributed by atoms with van der Waals surface area (Å²) in [6.45, 7) is 6.80. The minimum Gasteiger partial charge on any atom is -0.312 e. The first kappa shape index (κ1) is 8.06. The predicted molar refractivity (Wildman–Crippen MR) is 45.1 cm³/mol. The zero-order chi connectivity index (χ0) is 7.56. The molecule has 0 aliphatic heterocycles. The first-order valence-electron chi connectivity index (χ1n) is 4.44. The van der Waals surface area contributed by atoms with E-state index in [9.17, 15) is 0 Å².